The van der Waals surface area contributed by atoms with Crippen molar-refractivity contribution in [2.75, 3.05) is 5.73 Å². The first-order chi connectivity index (χ1) is 8.15. The molecule has 2 rings (SSSR count). The Labute approximate surface area is 105 Å². The summed E-state index contributed by atoms with van der Waals surface area (Å²) in [6.45, 7) is 1.88. The highest BCUT2D eigenvalue weighted by molar-refractivity contribution is 6.33. The van der Waals surface area contributed by atoms with Gasteiger partial charge in [0.2, 0.25) is 0 Å². The molecule has 0 radical (unpaired) electrons. The van der Waals surface area contributed by atoms with Gasteiger partial charge in [-0.15, -0.1) is 0 Å². The third-order valence-electron chi connectivity index (χ3n) is 2.77. The van der Waals surface area contributed by atoms with Crippen LogP contribution in [0.1, 0.15) is 11.1 Å². The zero-order valence-corrected chi connectivity index (χ0v) is 10.1. The molecule has 0 aliphatic carbocycles. The third-order valence-corrected chi connectivity index (χ3v) is 3.10. The predicted molar refractivity (Wildman–Crippen MR) is 70.8 cm³/mol. The molecule has 17 heavy (non-hydrogen) atoms. The smallest absolute Gasteiger partial charge is 0.102 e. The lowest BCUT2D eigenvalue weighted by atomic mass is 9.96. The van der Waals surface area contributed by atoms with E-state index in [9.17, 15) is 0 Å². The van der Waals surface area contributed by atoms with E-state index >= 15 is 0 Å². The maximum Gasteiger partial charge on any atom is 0.102 e. The van der Waals surface area contributed by atoms with E-state index in [2.05, 4.69) is 6.07 Å². The Bertz CT molecular complexity index is 612. The predicted octanol–water partition coefficient (Wildman–Crippen LogP) is 3.77. The Balaban J connectivity index is 2.71. The summed E-state index contributed by atoms with van der Waals surface area (Å²) < 4.78 is 0. The first-order valence-electron chi connectivity index (χ1n) is 5.19. The van der Waals surface area contributed by atoms with Crippen LogP contribution in [0, 0.1) is 18.3 Å². The Kier molecular flexibility index (Phi) is 3.03. The van der Waals surface area contributed by atoms with Crippen molar-refractivity contribution < 1.29 is 0 Å². The number of nitrogen functional groups attached to an aromatic ring is 1. The number of hydrogen-bond acceptors (Lipinski definition) is 2. The van der Waals surface area contributed by atoms with Crippen molar-refractivity contribution in [3.8, 4) is 17.2 Å². The van der Waals surface area contributed by atoms with Gasteiger partial charge in [-0.3, -0.25) is 0 Å². The van der Waals surface area contributed by atoms with Gasteiger partial charge in [-0.2, -0.15) is 5.26 Å². The summed E-state index contributed by atoms with van der Waals surface area (Å²) in [6, 6.07) is 13.3. The molecule has 2 N–H and O–H groups in total. The van der Waals surface area contributed by atoms with Crippen LogP contribution >= 0.6 is 11.6 Å². The van der Waals surface area contributed by atoms with E-state index in [0.717, 1.165) is 16.7 Å². The number of rotatable bonds is 1. The number of benzene rings is 2. The van der Waals surface area contributed by atoms with Gasteiger partial charge in [-0.25, -0.2) is 0 Å². The highest BCUT2D eigenvalue weighted by atomic mass is 35.5. The van der Waals surface area contributed by atoms with Gasteiger partial charge < -0.3 is 5.73 Å². The van der Waals surface area contributed by atoms with E-state index in [-0.39, 0.29) is 0 Å². The second-order valence-corrected chi connectivity index (χ2v) is 4.20. The van der Waals surface area contributed by atoms with Crippen molar-refractivity contribution in [1.82, 2.24) is 0 Å². The second-order valence-electron chi connectivity index (χ2n) is 3.79. The lowest BCUT2D eigenvalue weighted by Gasteiger charge is -2.10. The molecule has 84 valence electrons. The average molecular weight is 243 g/mol. The van der Waals surface area contributed by atoms with E-state index in [4.69, 9.17) is 22.6 Å². The molecule has 0 saturated heterocycles. The minimum Gasteiger partial charge on any atom is -0.398 e. The molecule has 0 bridgehead atoms. The van der Waals surface area contributed by atoms with Gasteiger partial charge in [0.25, 0.3) is 0 Å². The molecule has 0 aromatic heterocycles. The maximum atomic E-state index is 9.08. The Morgan fingerprint density at radius 1 is 1.12 bits per heavy atom. The lowest BCUT2D eigenvalue weighted by molar-refractivity contribution is 1.39. The minimum absolute atomic E-state index is 0.501. The van der Waals surface area contributed by atoms with E-state index < -0.39 is 0 Å². The summed E-state index contributed by atoms with van der Waals surface area (Å²) in [5, 5.41) is 9.75. The van der Waals surface area contributed by atoms with Crippen LogP contribution in [-0.2, 0) is 0 Å². The van der Waals surface area contributed by atoms with Crippen LogP contribution < -0.4 is 5.73 Å². The first-order valence-corrected chi connectivity index (χ1v) is 5.57. The lowest BCUT2D eigenvalue weighted by Crippen LogP contribution is -1.95. The Hall–Kier alpha value is -1.98. The molecule has 2 aromatic rings. The van der Waals surface area contributed by atoms with Crippen LogP contribution in [0.3, 0.4) is 0 Å². The maximum absolute atomic E-state index is 9.08. The fourth-order valence-corrected chi connectivity index (χ4v) is 2.09. The molecular weight excluding hydrogens is 232 g/mol. The minimum atomic E-state index is 0.501. The van der Waals surface area contributed by atoms with E-state index in [1.807, 2.05) is 37.3 Å². The van der Waals surface area contributed by atoms with Crippen molar-refractivity contribution in [3.63, 3.8) is 0 Å². The summed E-state index contributed by atoms with van der Waals surface area (Å²) in [4.78, 5) is 0. The van der Waals surface area contributed by atoms with Gasteiger partial charge in [0.1, 0.15) is 6.07 Å². The van der Waals surface area contributed by atoms with E-state index in [0.29, 0.717) is 16.3 Å². The monoisotopic (exact) mass is 242 g/mol. The Morgan fingerprint density at radius 3 is 2.47 bits per heavy atom. The molecule has 0 saturated carbocycles. The third kappa shape index (κ3) is 1.98. The first kappa shape index (κ1) is 11.5. The van der Waals surface area contributed by atoms with Crippen LogP contribution in [-0.4, -0.2) is 0 Å². The van der Waals surface area contributed by atoms with Crippen molar-refractivity contribution >= 4 is 17.3 Å². The summed E-state index contributed by atoms with van der Waals surface area (Å²) in [7, 11) is 0. The van der Waals surface area contributed by atoms with Crippen LogP contribution in [0.25, 0.3) is 11.1 Å². The topological polar surface area (TPSA) is 49.8 Å². The zero-order chi connectivity index (χ0) is 12.4. The number of anilines is 1. The van der Waals surface area contributed by atoms with Crippen molar-refractivity contribution in [1.29, 1.82) is 5.26 Å². The van der Waals surface area contributed by atoms with Gasteiger partial charge >= 0.3 is 0 Å². The van der Waals surface area contributed by atoms with E-state index in [1.54, 1.807) is 6.07 Å². The molecule has 0 spiro atoms. The quantitative estimate of drug-likeness (QED) is 0.774. The standard InChI is InChI=1S/C14H11ClN2/c1-9-10(6-7-14(17)12(9)8-16)11-4-2-3-5-13(11)15/h2-7H,17H2,1H3. The summed E-state index contributed by atoms with van der Waals surface area (Å²) >= 11 is 6.15. The van der Waals surface area contributed by atoms with Gasteiger partial charge in [-0.1, -0.05) is 35.9 Å². The van der Waals surface area contributed by atoms with Gasteiger partial charge in [0, 0.05) is 16.3 Å². The van der Waals surface area contributed by atoms with Gasteiger partial charge in [0.15, 0.2) is 0 Å². The SMILES string of the molecule is Cc1c(-c2ccccc2Cl)ccc(N)c1C#N. The van der Waals surface area contributed by atoms with Crippen LogP contribution in [0.15, 0.2) is 36.4 Å². The van der Waals surface area contributed by atoms with E-state index in [1.165, 1.54) is 0 Å². The van der Waals surface area contributed by atoms with Crippen LogP contribution in [0.4, 0.5) is 5.69 Å². The molecule has 0 amide bonds. The van der Waals surface area contributed by atoms with Gasteiger partial charge in [0.05, 0.1) is 5.56 Å². The summed E-state index contributed by atoms with van der Waals surface area (Å²) in [6.07, 6.45) is 0. The summed E-state index contributed by atoms with van der Waals surface area (Å²) in [5.41, 5.74) is 9.51. The highest BCUT2D eigenvalue weighted by Crippen LogP contribution is 2.33. The molecule has 0 fully saturated rings. The summed E-state index contributed by atoms with van der Waals surface area (Å²) in [5.74, 6) is 0. The molecule has 0 aliphatic rings. The molecule has 0 unspecified atom stereocenters. The number of halogens is 1. The van der Waals surface area contributed by atoms with Crippen molar-refractivity contribution in [2.24, 2.45) is 0 Å². The number of hydrogen-bond donors (Lipinski definition) is 1. The van der Waals surface area contributed by atoms with Crippen LogP contribution in [0.5, 0.6) is 0 Å². The second kappa shape index (κ2) is 4.48. The fraction of sp³-hybridized carbons (Fsp3) is 0.0714. The fourth-order valence-electron chi connectivity index (χ4n) is 1.85. The van der Waals surface area contributed by atoms with Gasteiger partial charge in [-0.05, 0) is 30.2 Å². The largest absolute Gasteiger partial charge is 0.398 e. The molecule has 2 nitrogen and oxygen atoms in total. The zero-order valence-electron chi connectivity index (χ0n) is 9.37. The van der Waals surface area contributed by atoms with Crippen molar-refractivity contribution in [3.05, 3.63) is 52.5 Å². The number of nitrogens with two attached hydrogens (primary N) is 1. The molecule has 3 heteroatoms. The molecule has 0 atom stereocenters. The van der Waals surface area contributed by atoms with Crippen LogP contribution in [0.2, 0.25) is 5.02 Å². The van der Waals surface area contributed by atoms with Crippen molar-refractivity contribution in [2.45, 2.75) is 6.92 Å². The Morgan fingerprint density at radius 2 is 1.82 bits per heavy atom. The molecule has 0 aliphatic heterocycles. The molecule has 2 aromatic carbocycles. The molecule has 0 heterocycles. The number of nitrogens with zero attached hydrogens (tertiary/aromatic N) is 1. The number of nitriles is 1. The average Bonchev–Trinajstić information content (AvgIpc) is 2.31. The highest BCUT2D eigenvalue weighted by Gasteiger charge is 2.11. The normalized spacial score (nSPS) is 9.94. The molecular formula is C14H11ClN2.